The van der Waals surface area contributed by atoms with Crippen LogP contribution in [-0.4, -0.2) is 97.2 Å². The van der Waals surface area contributed by atoms with Crippen molar-refractivity contribution in [1.29, 1.82) is 0 Å². The van der Waals surface area contributed by atoms with Crippen molar-refractivity contribution < 1.29 is 45.6 Å². The van der Waals surface area contributed by atoms with E-state index in [1.165, 1.54) is 6.92 Å². The highest BCUT2D eigenvalue weighted by molar-refractivity contribution is 5.74. The Balaban J connectivity index is 0. The van der Waals surface area contributed by atoms with Gasteiger partial charge in [-0.05, 0) is 41.5 Å². The number of hydrogen-bond donors (Lipinski definition) is 6. The molecule has 0 aliphatic carbocycles. The van der Waals surface area contributed by atoms with Gasteiger partial charge in [0.25, 0.3) is 0 Å². The minimum atomic E-state index is -1.15. The maximum absolute atomic E-state index is 11.3. The first-order valence-electron chi connectivity index (χ1n) is 11.0. The highest BCUT2D eigenvalue weighted by atomic mass is 16.5. The van der Waals surface area contributed by atoms with Crippen LogP contribution in [-0.2, 0) is 14.3 Å². The number of hydrogen-bond acceptors (Lipinski definition) is 8. The number of aliphatic hydroxyl groups excluding tert-OH is 2. The lowest BCUT2D eigenvalue weighted by Gasteiger charge is -2.56. The van der Waals surface area contributed by atoms with Crippen LogP contribution in [0.1, 0.15) is 62.3 Å². The summed E-state index contributed by atoms with van der Waals surface area (Å²) in [6.07, 6.45) is -1.40. The SMILES string of the molecule is CC(=O)NC1(C)C(C)OC(CO)C(C)C1(C)O.CC1OC(CO)C(C)C(C)(O)C1(C)N.O.O. The zero-order valence-electron chi connectivity index (χ0n) is 21.5. The third-order valence-electron chi connectivity index (χ3n) is 8.24. The van der Waals surface area contributed by atoms with Gasteiger partial charge in [0.15, 0.2) is 0 Å². The van der Waals surface area contributed by atoms with Crippen molar-refractivity contribution in [3.05, 3.63) is 0 Å². The van der Waals surface area contributed by atoms with Gasteiger partial charge < -0.3 is 51.9 Å². The van der Waals surface area contributed by atoms with E-state index < -0.39 is 28.4 Å². The molecule has 11 nitrogen and oxygen atoms in total. The smallest absolute Gasteiger partial charge is 0.217 e. The lowest BCUT2D eigenvalue weighted by Crippen LogP contribution is -2.74. The van der Waals surface area contributed by atoms with Crippen LogP contribution >= 0.6 is 0 Å². The predicted molar refractivity (Wildman–Crippen MR) is 124 cm³/mol. The van der Waals surface area contributed by atoms with E-state index in [1.54, 1.807) is 34.6 Å². The molecule has 0 aromatic carbocycles. The van der Waals surface area contributed by atoms with Gasteiger partial charge in [0, 0.05) is 18.8 Å². The average molecular weight is 485 g/mol. The van der Waals surface area contributed by atoms with Crippen molar-refractivity contribution in [2.75, 3.05) is 13.2 Å². The predicted octanol–water partition coefficient (Wildman–Crippen LogP) is -1.73. The fraction of sp³-hybridized carbons (Fsp3) is 0.955. The molecule has 0 radical (unpaired) electrons. The molecule has 2 heterocycles. The Kier molecular flexibility index (Phi) is 12.1. The van der Waals surface area contributed by atoms with Crippen molar-refractivity contribution in [3.8, 4) is 0 Å². The van der Waals surface area contributed by atoms with Gasteiger partial charge in [-0.15, -0.1) is 0 Å². The molecule has 10 atom stereocenters. The van der Waals surface area contributed by atoms with Crippen LogP contribution in [0, 0.1) is 11.8 Å². The molecule has 0 aromatic rings. The number of carbonyl (C=O) groups excluding carboxylic acids is 1. The zero-order valence-corrected chi connectivity index (χ0v) is 21.5. The topological polar surface area (TPSA) is 218 Å². The fourth-order valence-corrected chi connectivity index (χ4v) is 4.54. The number of nitrogens with two attached hydrogens (primary N) is 1. The van der Waals surface area contributed by atoms with E-state index in [1.807, 2.05) is 20.8 Å². The summed E-state index contributed by atoms with van der Waals surface area (Å²) >= 11 is 0. The van der Waals surface area contributed by atoms with Gasteiger partial charge in [-0.1, -0.05) is 13.8 Å². The Morgan fingerprint density at radius 3 is 1.58 bits per heavy atom. The molecule has 0 spiro atoms. The van der Waals surface area contributed by atoms with Gasteiger partial charge in [-0.3, -0.25) is 4.79 Å². The summed E-state index contributed by atoms with van der Waals surface area (Å²) in [4.78, 5) is 11.3. The van der Waals surface area contributed by atoms with E-state index in [-0.39, 0.29) is 60.2 Å². The highest BCUT2D eigenvalue weighted by Gasteiger charge is 2.58. The molecule has 200 valence electrons. The lowest BCUT2D eigenvalue weighted by molar-refractivity contribution is -0.230. The first-order chi connectivity index (χ1) is 13.9. The molecule has 0 saturated carbocycles. The summed E-state index contributed by atoms with van der Waals surface area (Å²) < 4.78 is 11.2. The molecule has 0 aromatic heterocycles. The Labute approximate surface area is 197 Å². The minimum Gasteiger partial charge on any atom is -0.412 e. The molecule has 0 bridgehead atoms. The molecule has 11 N–H and O–H groups in total. The molecular formula is C22H48N2O9. The molecule has 2 aliphatic heterocycles. The van der Waals surface area contributed by atoms with E-state index >= 15 is 0 Å². The third-order valence-corrected chi connectivity index (χ3v) is 8.24. The molecule has 11 heteroatoms. The second-order valence-corrected chi connectivity index (χ2v) is 10.0. The van der Waals surface area contributed by atoms with Crippen LogP contribution in [0.2, 0.25) is 0 Å². The summed E-state index contributed by atoms with van der Waals surface area (Å²) in [5.41, 5.74) is 2.21. The normalized spacial score (nSPS) is 47.2. The van der Waals surface area contributed by atoms with Crippen LogP contribution in [0.3, 0.4) is 0 Å². The maximum Gasteiger partial charge on any atom is 0.217 e. The Bertz CT molecular complexity index is 629. The van der Waals surface area contributed by atoms with Crippen molar-refractivity contribution in [2.45, 2.75) is 109 Å². The van der Waals surface area contributed by atoms with Gasteiger partial charge in [-0.25, -0.2) is 0 Å². The molecule has 2 saturated heterocycles. The van der Waals surface area contributed by atoms with E-state index in [4.69, 9.17) is 20.3 Å². The molecule has 10 unspecified atom stereocenters. The van der Waals surface area contributed by atoms with E-state index in [0.29, 0.717) is 0 Å². The van der Waals surface area contributed by atoms with E-state index in [9.17, 15) is 20.1 Å². The van der Waals surface area contributed by atoms with Crippen LogP contribution in [0.15, 0.2) is 0 Å². The van der Waals surface area contributed by atoms with E-state index in [2.05, 4.69) is 5.32 Å². The second kappa shape index (κ2) is 11.7. The average Bonchev–Trinajstić information content (AvgIpc) is 2.66. The van der Waals surface area contributed by atoms with Crippen molar-refractivity contribution >= 4 is 5.91 Å². The molecular weight excluding hydrogens is 436 g/mol. The van der Waals surface area contributed by atoms with Crippen molar-refractivity contribution in [1.82, 2.24) is 5.32 Å². The second-order valence-electron chi connectivity index (χ2n) is 10.0. The van der Waals surface area contributed by atoms with Crippen LogP contribution in [0.4, 0.5) is 0 Å². The number of amides is 1. The molecule has 1 amide bonds. The van der Waals surface area contributed by atoms with Crippen LogP contribution in [0.5, 0.6) is 0 Å². The summed E-state index contributed by atoms with van der Waals surface area (Å²) in [5, 5.41) is 42.1. The first-order valence-corrected chi connectivity index (χ1v) is 11.0. The van der Waals surface area contributed by atoms with Crippen LogP contribution < -0.4 is 11.1 Å². The lowest BCUT2D eigenvalue weighted by atomic mass is 9.67. The zero-order chi connectivity index (χ0) is 24.6. The van der Waals surface area contributed by atoms with Crippen LogP contribution in [0.25, 0.3) is 0 Å². The number of carbonyl (C=O) groups is 1. The fourth-order valence-electron chi connectivity index (χ4n) is 4.54. The summed E-state index contributed by atoms with van der Waals surface area (Å²) in [6.45, 7) is 15.4. The Morgan fingerprint density at radius 1 is 0.848 bits per heavy atom. The number of nitrogens with one attached hydrogen (secondary N) is 1. The molecule has 2 rings (SSSR count). The minimum absolute atomic E-state index is 0. The number of rotatable bonds is 3. The summed E-state index contributed by atoms with van der Waals surface area (Å²) in [6, 6.07) is 0. The van der Waals surface area contributed by atoms with Crippen molar-refractivity contribution in [2.24, 2.45) is 17.6 Å². The Morgan fingerprint density at radius 2 is 1.21 bits per heavy atom. The molecule has 2 fully saturated rings. The first kappa shape index (κ1) is 34.3. The van der Waals surface area contributed by atoms with E-state index in [0.717, 1.165) is 0 Å². The van der Waals surface area contributed by atoms with Crippen molar-refractivity contribution in [3.63, 3.8) is 0 Å². The standard InChI is InChI=1S/C12H23NO4.C10H21NO3.2H2O/c1-7-10(6-14)17-8(2)11(4,12(7,5)16)13-9(3)15;1-6-8(5-12)14-7(2)9(3,11)10(6,4)13;;/h7-8,10,14,16H,6H2,1-5H3,(H,13,15);6-8,12-13H,5,11H2,1-4H3;2*1H2. The Hall–Kier alpha value is -0.890. The summed E-state index contributed by atoms with van der Waals surface area (Å²) in [5.74, 6) is -0.669. The van der Waals surface area contributed by atoms with Gasteiger partial charge >= 0.3 is 0 Å². The monoisotopic (exact) mass is 484 g/mol. The quantitative estimate of drug-likeness (QED) is 0.270. The van der Waals surface area contributed by atoms with Gasteiger partial charge in [0.2, 0.25) is 5.91 Å². The highest BCUT2D eigenvalue weighted by Crippen LogP contribution is 2.41. The molecule has 33 heavy (non-hydrogen) atoms. The van der Waals surface area contributed by atoms with Gasteiger partial charge in [0.05, 0.1) is 59.9 Å². The van der Waals surface area contributed by atoms with Gasteiger partial charge in [-0.2, -0.15) is 0 Å². The molecule has 2 aliphatic rings. The largest absolute Gasteiger partial charge is 0.412 e. The number of aliphatic hydroxyl groups is 4. The maximum atomic E-state index is 11.3. The van der Waals surface area contributed by atoms with Gasteiger partial charge in [0.1, 0.15) is 0 Å². The summed E-state index contributed by atoms with van der Waals surface area (Å²) in [7, 11) is 0. The third kappa shape index (κ3) is 6.03. The number of ether oxygens (including phenoxy) is 2.